The third-order valence-electron chi connectivity index (χ3n) is 16.2. The highest BCUT2D eigenvalue weighted by atomic mass is 16.6. The summed E-state index contributed by atoms with van der Waals surface area (Å²) >= 11 is 0. The third kappa shape index (κ3) is 5.81. The zero-order valence-corrected chi connectivity index (χ0v) is 36.4. The van der Waals surface area contributed by atoms with Gasteiger partial charge in [0.2, 0.25) is 0 Å². The number of Topliss-reactive ketones (excluding diaryl/α,β-unsaturated/α-hetero) is 1. The number of ether oxygens (including phenoxy) is 4. The lowest BCUT2D eigenvalue weighted by molar-refractivity contribution is -0.324. The minimum Gasteiger partial charge on any atom is -0.457 e. The number of fused-ring (bicyclic) bond motifs is 3. The Morgan fingerprint density at radius 3 is 1.97 bits per heavy atom. The van der Waals surface area contributed by atoms with E-state index >= 15 is 4.79 Å². The second-order valence-electron chi connectivity index (χ2n) is 18.9. The highest BCUT2D eigenvalue weighted by molar-refractivity contribution is 6.04. The van der Waals surface area contributed by atoms with Crippen LogP contribution >= 0.6 is 0 Å². The molecule has 6 rings (SSSR count). The molecule has 0 aromatic heterocycles. The number of hydrogen-bond acceptors (Lipinski definition) is 11. The summed E-state index contributed by atoms with van der Waals surface area (Å²) in [6.45, 7) is 29.6. The van der Waals surface area contributed by atoms with Gasteiger partial charge in [0, 0.05) is 35.5 Å². The minimum atomic E-state index is -2.22. The first-order valence-electron chi connectivity index (χ1n) is 20.3. The molecule has 4 aliphatic rings. The molecular weight excluding hydrogens is 751 g/mol. The molecule has 1 heterocycles. The summed E-state index contributed by atoms with van der Waals surface area (Å²) in [4.78, 5) is 60.3. The van der Waals surface area contributed by atoms with Gasteiger partial charge in [-0.2, -0.15) is 0 Å². The summed E-state index contributed by atoms with van der Waals surface area (Å²) in [5, 5.41) is 25.7. The molecule has 11 heteroatoms. The van der Waals surface area contributed by atoms with Gasteiger partial charge in [-0.25, -0.2) is 9.59 Å². The minimum absolute atomic E-state index is 0.0824. The normalized spacial score (nSPS) is 39.1. The Balaban J connectivity index is 1.64. The summed E-state index contributed by atoms with van der Waals surface area (Å²) in [7, 11) is 1.87. The molecule has 2 aromatic carbocycles. The highest BCUT2D eigenvalue weighted by Gasteiger charge is 2.81. The van der Waals surface area contributed by atoms with E-state index in [1.54, 1.807) is 65.0 Å². The van der Waals surface area contributed by atoms with Crippen LogP contribution in [0.3, 0.4) is 0 Å². The Morgan fingerprint density at radius 1 is 0.864 bits per heavy atom. The first-order valence-corrected chi connectivity index (χ1v) is 20.3. The predicted molar refractivity (Wildman–Crippen MR) is 221 cm³/mol. The number of rotatable bonds is 7. The van der Waals surface area contributed by atoms with Crippen LogP contribution in [-0.2, 0) is 33.3 Å². The van der Waals surface area contributed by atoms with E-state index in [9.17, 15) is 24.6 Å². The number of hydrogen-bond donors (Lipinski definition) is 2. The molecule has 0 spiro atoms. The lowest BCUT2D eigenvalue weighted by Gasteiger charge is -2.73. The van der Waals surface area contributed by atoms with Gasteiger partial charge in [-0.15, -0.1) is 0 Å². The molecule has 59 heavy (non-hydrogen) atoms. The Bertz CT molecular complexity index is 2100. The van der Waals surface area contributed by atoms with Crippen LogP contribution in [-0.4, -0.2) is 87.7 Å². The van der Waals surface area contributed by atoms with Crippen molar-refractivity contribution in [3.05, 3.63) is 108 Å². The van der Waals surface area contributed by atoms with Crippen LogP contribution in [0.5, 0.6) is 0 Å². The van der Waals surface area contributed by atoms with E-state index in [1.807, 2.05) is 70.0 Å². The van der Waals surface area contributed by atoms with E-state index in [1.165, 1.54) is 6.92 Å². The quantitative estimate of drug-likeness (QED) is 0.170. The molecule has 2 aromatic rings. The maximum Gasteiger partial charge on any atom is 0.338 e. The summed E-state index contributed by atoms with van der Waals surface area (Å²) in [6, 6.07) is 17.2. The van der Waals surface area contributed by atoms with Crippen molar-refractivity contribution in [3.8, 4) is 0 Å². The number of aliphatic hydroxyl groups is 2. The number of ketones is 1. The number of carbonyl (C=O) groups is 4. The van der Waals surface area contributed by atoms with E-state index in [0.717, 1.165) is 5.56 Å². The summed E-state index contributed by atoms with van der Waals surface area (Å²) in [5.41, 5.74) is -10.00. The summed E-state index contributed by atoms with van der Waals surface area (Å²) < 4.78 is 25.9. The smallest absolute Gasteiger partial charge is 0.338 e. The van der Waals surface area contributed by atoms with Gasteiger partial charge >= 0.3 is 17.9 Å². The van der Waals surface area contributed by atoms with Crippen LogP contribution in [0, 0.1) is 33.5 Å². The van der Waals surface area contributed by atoms with Crippen LogP contribution in [0.2, 0.25) is 0 Å². The molecule has 3 saturated carbocycles. The van der Waals surface area contributed by atoms with E-state index in [2.05, 4.69) is 19.7 Å². The van der Waals surface area contributed by atoms with Gasteiger partial charge in [-0.3, -0.25) is 14.5 Å². The first kappa shape index (κ1) is 44.1. The topological polar surface area (TPSA) is 149 Å². The van der Waals surface area contributed by atoms with Crippen LogP contribution in [0.25, 0.3) is 0 Å². The van der Waals surface area contributed by atoms with Gasteiger partial charge in [0.25, 0.3) is 0 Å². The second-order valence-corrected chi connectivity index (χ2v) is 18.9. The van der Waals surface area contributed by atoms with Crippen molar-refractivity contribution in [1.29, 1.82) is 0 Å². The van der Waals surface area contributed by atoms with E-state index < -0.39 is 105 Å². The molecule has 11 atom stereocenters. The molecule has 11 nitrogen and oxygen atoms in total. The molecule has 1 saturated heterocycles. The monoisotopic (exact) mass is 811 g/mol. The average Bonchev–Trinajstić information content (AvgIpc) is 3.50. The largest absolute Gasteiger partial charge is 0.457 e. The van der Waals surface area contributed by atoms with Crippen molar-refractivity contribution < 1.29 is 48.3 Å². The molecule has 2 bridgehead atoms. The van der Waals surface area contributed by atoms with Crippen molar-refractivity contribution >= 4 is 23.7 Å². The van der Waals surface area contributed by atoms with Gasteiger partial charge in [0.1, 0.15) is 29.1 Å². The zero-order chi connectivity index (χ0) is 44.1. The number of benzene rings is 2. The van der Waals surface area contributed by atoms with Crippen molar-refractivity contribution in [2.24, 2.45) is 33.5 Å². The molecule has 3 aliphatic carbocycles. The third-order valence-corrected chi connectivity index (χ3v) is 16.2. The highest BCUT2D eigenvalue weighted by Crippen LogP contribution is 2.75. The lowest BCUT2D eigenvalue weighted by atomic mass is 9.32. The first-order chi connectivity index (χ1) is 27.3. The fourth-order valence-electron chi connectivity index (χ4n) is 11.5. The van der Waals surface area contributed by atoms with Crippen LogP contribution < -0.4 is 0 Å². The van der Waals surface area contributed by atoms with Crippen molar-refractivity contribution in [1.82, 2.24) is 4.90 Å². The average molecular weight is 812 g/mol. The number of likely N-dealkylation sites (N-methyl/N-ethyl adjacent to an activating group) is 1. The molecule has 318 valence electrons. The molecular formula is C48H61NO10. The molecule has 1 aliphatic heterocycles. The standard InChI is InChI=1S/C48H61NO10/c1-27-28(2)45(12)37(47(26-50,29(27)3)58-32(6)51)39(57-40(53)34-23-19-16-20-24-34)48(55)25-44(11,42(7,8)46(13,43(48,9)10)30(4)38(45)52)59-41(54)36-35(49(14)31(5)56-36)33-21-17-15-18-22-33/h15-24,29,31,35-37,39,50,55H,1-2,4,25-26H2,3,5-14H3/t29-,31?,35?,36-,37?,39?,44?,45-,46+,47+,48-/m1/s1. The van der Waals surface area contributed by atoms with Crippen LogP contribution in [0.4, 0.5) is 0 Å². The SMILES string of the molecule is C=C1C(=C)[C@@]2(C)C(=O)C(=C)[C@@]3(C)C(C)(C)C(C)(OC(=O)[C@@H]4OC(C)N(C)C4c4ccccc4)C[C@@](O)(C(OC(=O)c4ccccc4)C2[C@@](CO)(OC(C)=O)[C@@H]1C)C3(C)C. The molecule has 4 fully saturated rings. The number of nitrogens with zero attached hydrogens (tertiary/aromatic N) is 1. The Morgan fingerprint density at radius 2 is 1.42 bits per heavy atom. The van der Waals surface area contributed by atoms with Gasteiger partial charge < -0.3 is 29.2 Å². The molecule has 0 amide bonds. The fraction of sp³-hybridized carbons (Fsp3) is 0.542. The summed E-state index contributed by atoms with van der Waals surface area (Å²) in [6.07, 6.45) is -3.57. The maximum atomic E-state index is 15.8. The number of esters is 3. The lowest BCUT2D eigenvalue weighted by Crippen LogP contribution is -2.81. The van der Waals surface area contributed by atoms with Gasteiger partial charge in [-0.05, 0) is 62.2 Å². The second kappa shape index (κ2) is 14.4. The van der Waals surface area contributed by atoms with E-state index in [0.29, 0.717) is 5.57 Å². The van der Waals surface area contributed by atoms with Crippen LogP contribution in [0.1, 0.15) is 97.6 Å². The Kier molecular flexibility index (Phi) is 10.7. The maximum absolute atomic E-state index is 15.8. The van der Waals surface area contributed by atoms with E-state index in [4.69, 9.17) is 18.9 Å². The number of aliphatic hydroxyl groups excluding tert-OH is 1. The number of carbonyl (C=O) groups excluding carboxylic acids is 4. The van der Waals surface area contributed by atoms with Crippen LogP contribution in [0.15, 0.2) is 97.1 Å². The fourth-order valence-corrected chi connectivity index (χ4v) is 11.5. The van der Waals surface area contributed by atoms with Gasteiger partial charge in [0.15, 0.2) is 11.9 Å². The van der Waals surface area contributed by atoms with Crippen molar-refractivity contribution in [3.63, 3.8) is 0 Å². The zero-order valence-electron chi connectivity index (χ0n) is 36.4. The van der Waals surface area contributed by atoms with Crippen molar-refractivity contribution in [2.45, 2.75) is 117 Å². The van der Waals surface area contributed by atoms with E-state index in [-0.39, 0.29) is 23.1 Å². The number of allylic oxidation sites excluding steroid dienone is 2. The molecule has 2 N–H and O–H groups in total. The van der Waals surface area contributed by atoms with Gasteiger partial charge in [-0.1, -0.05) is 110 Å². The Hall–Kier alpha value is -4.42. The molecule has 0 radical (unpaired) electrons. The predicted octanol–water partition coefficient (Wildman–Crippen LogP) is 6.94. The van der Waals surface area contributed by atoms with Gasteiger partial charge in [0.05, 0.1) is 29.5 Å². The van der Waals surface area contributed by atoms with Crippen molar-refractivity contribution in [2.75, 3.05) is 13.7 Å². The summed E-state index contributed by atoms with van der Waals surface area (Å²) in [5.74, 6) is -5.19. The molecule has 5 unspecified atom stereocenters. The Labute approximate surface area is 348 Å².